The van der Waals surface area contributed by atoms with Crippen molar-refractivity contribution in [3.05, 3.63) is 80.1 Å². The van der Waals surface area contributed by atoms with Gasteiger partial charge in [0.05, 0.1) is 51.2 Å². The average molecular weight is 687 g/mol. The van der Waals surface area contributed by atoms with Crippen LogP contribution in [0.15, 0.2) is 54.9 Å². The van der Waals surface area contributed by atoms with Crippen molar-refractivity contribution in [2.24, 2.45) is 14.1 Å². The molecule has 0 N–H and O–H groups in total. The van der Waals surface area contributed by atoms with Gasteiger partial charge in [-0.1, -0.05) is 43.5 Å². The smallest absolute Gasteiger partial charge is 0.270 e. The molecule has 0 aliphatic rings. The van der Waals surface area contributed by atoms with Crippen LogP contribution in [0.3, 0.4) is 0 Å². The van der Waals surface area contributed by atoms with Crippen LogP contribution >= 0.6 is 43.5 Å². The monoisotopic (exact) mass is 684 g/mol. The molecular weight excluding hydrogens is 664 g/mol. The van der Waals surface area contributed by atoms with E-state index in [1.807, 2.05) is 0 Å². The predicted molar refractivity (Wildman–Crippen MR) is 154 cm³/mol. The Morgan fingerprint density at radius 2 is 1.38 bits per heavy atom. The summed E-state index contributed by atoms with van der Waals surface area (Å²) >= 11 is 12.7. The molecule has 4 rings (SSSR count). The van der Waals surface area contributed by atoms with E-state index in [0.29, 0.717) is 57.2 Å². The highest BCUT2D eigenvalue weighted by atomic mass is 79.9. The standard InChI is InChI=1S/C12H11BrClN3O3.C12H12BrN3O3/c1-16-12(10(14)7-15-16)9-6-8(17(18)19)2-3-11(9)20-5-4-13;1-15-11(4-6-14-15)10-8-9(16(17)18)2-3-12(10)19-7-5-13/h2-3,6-7H,4-5H2,1H3;2-4,6,8H,5,7H2,1H3. The van der Waals surface area contributed by atoms with Crippen LogP contribution in [0.1, 0.15) is 0 Å². The Labute approximate surface area is 245 Å². The van der Waals surface area contributed by atoms with Crippen molar-refractivity contribution in [3.63, 3.8) is 0 Å². The molecule has 0 bridgehead atoms. The number of non-ortho nitro benzene ring substituents is 2. The van der Waals surface area contributed by atoms with E-state index in [0.717, 1.165) is 5.69 Å². The first-order valence-electron chi connectivity index (χ1n) is 11.3. The molecule has 4 aromatic rings. The van der Waals surface area contributed by atoms with Crippen LogP contribution in [0.5, 0.6) is 11.5 Å². The second-order valence-corrected chi connectivity index (χ2v) is 9.75. The Morgan fingerprint density at radius 3 is 1.82 bits per heavy atom. The molecule has 2 heterocycles. The molecule has 0 aliphatic carbocycles. The molecule has 15 heteroatoms. The van der Waals surface area contributed by atoms with Crippen LogP contribution in [0.4, 0.5) is 11.4 Å². The van der Waals surface area contributed by atoms with E-state index >= 15 is 0 Å². The molecule has 2 aromatic carbocycles. The predicted octanol–water partition coefficient (Wildman–Crippen LogP) is 6.19. The molecule has 0 aliphatic heterocycles. The summed E-state index contributed by atoms with van der Waals surface area (Å²) in [5, 5.41) is 31.7. The minimum atomic E-state index is -0.456. The largest absolute Gasteiger partial charge is 0.492 e. The third-order valence-corrected chi connectivity index (χ3v) is 6.19. The number of rotatable bonds is 10. The molecule has 0 atom stereocenters. The maximum absolute atomic E-state index is 10.9. The molecule has 0 saturated heterocycles. The van der Waals surface area contributed by atoms with E-state index in [9.17, 15) is 20.2 Å². The quantitative estimate of drug-likeness (QED) is 0.109. The van der Waals surface area contributed by atoms with E-state index in [1.165, 1.54) is 30.5 Å². The lowest BCUT2D eigenvalue weighted by atomic mass is 10.1. The topological polar surface area (TPSA) is 140 Å². The first-order chi connectivity index (χ1) is 18.7. The molecule has 0 spiro atoms. The van der Waals surface area contributed by atoms with Crippen LogP contribution in [0.25, 0.3) is 22.5 Å². The van der Waals surface area contributed by atoms with Gasteiger partial charge in [-0.05, 0) is 18.2 Å². The normalized spacial score (nSPS) is 10.5. The molecule has 12 nitrogen and oxygen atoms in total. The number of hydrogen-bond donors (Lipinski definition) is 0. The van der Waals surface area contributed by atoms with Crippen molar-refractivity contribution in [2.75, 3.05) is 23.9 Å². The summed E-state index contributed by atoms with van der Waals surface area (Å²) in [6, 6.07) is 10.7. The summed E-state index contributed by atoms with van der Waals surface area (Å²) in [6.45, 7) is 0.933. The van der Waals surface area contributed by atoms with Gasteiger partial charge in [-0.25, -0.2) is 0 Å². The van der Waals surface area contributed by atoms with E-state index in [-0.39, 0.29) is 11.4 Å². The van der Waals surface area contributed by atoms with Crippen LogP contribution in [0.2, 0.25) is 5.02 Å². The summed E-state index contributed by atoms with van der Waals surface area (Å²) in [5.74, 6) is 1.13. The number of aromatic nitrogens is 4. The maximum Gasteiger partial charge on any atom is 0.270 e. The van der Waals surface area contributed by atoms with Gasteiger partial charge in [0.2, 0.25) is 0 Å². The van der Waals surface area contributed by atoms with Gasteiger partial charge >= 0.3 is 0 Å². The zero-order valence-electron chi connectivity index (χ0n) is 20.8. The van der Waals surface area contributed by atoms with Gasteiger partial charge in [-0.3, -0.25) is 29.6 Å². The summed E-state index contributed by atoms with van der Waals surface area (Å²) in [6.07, 6.45) is 3.13. The van der Waals surface area contributed by atoms with Gasteiger partial charge in [0, 0.05) is 60.8 Å². The molecule has 2 aromatic heterocycles. The number of aryl methyl sites for hydroxylation is 2. The Balaban J connectivity index is 0.000000216. The Kier molecular flexibility index (Phi) is 10.8. The Hall–Kier alpha value is -3.49. The molecule has 0 fully saturated rings. The highest BCUT2D eigenvalue weighted by molar-refractivity contribution is 9.09. The minimum absolute atomic E-state index is 0.0246. The van der Waals surface area contributed by atoms with Crippen LogP contribution in [-0.4, -0.2) is 53.3 Å². The van der Waals surface area contributed by atoms with Crippen molar-refractivity contribution >= 4 is 54.8 Å². The van der Waals surface area contributed by atoms with Gasteiger partial charge in [-0.2, -0.15) is 10.2 Å². The highest BCUT2D eigenvalue weighted by Crippen LogP contribution is 2.37. The summed E-state index contributed by atoms with van der Waals surface area (Å²) in [5.41, 5.74) is 2.57. The number of nitrogens with zero attached hydrogens (tertiary/aromatic N) is 6. The molecule has 39 heavy (non-hydrogen) atoms. The molecule has 0 radical (unpaired) electrons. The second-order valence-electron chi connectivity index (χ2n) is 7.75. The highest BCUT2D eigenvalue weighted by Gasteiger charge is 2.19. The molecule has 0 saturated carbocycles. The number of benzene rings is 2. The first-order valence-corrected chi connectivity index (χ1v) is 13.9. The molecular formula is C24H23Br2ClN6O6. The lowest BCUT2D eigenvalue weighted by molar-refractivity contribution is -0.385. The number of hydrogen-bond acceptors (Lipinski definition) is 8. The van der Waals surface area contributed by atoms with Crippen molar-refractivity contribution in [1.29, 1.82) is 0 Å². The third-order valence-electron chi connectivity index (χ3n) is 5.26. The molecule has 0 amide bonds. The summed E-state index contributed by atoms with van der Waals surface area (Å²) < 4.78 is 14.4. The molecule has 206 valence electrons. The summed E-state index contributed by atoms with van der Waals surface area (Å²) in [4.78, 5) is 20.9. The number of ether oxygens (including phenoxy) is 2. The molecule has 0 unspecified atom stereocenters. The third kappa shape index (κ3) is 7.55. The van der Waals surface area contributed by atoms with E-state index in [1.54, 1.807) is 47.9 Å². The number of nitro benzene ring substituents is 2. The average Bonchev–Trinajstić information content (AvgIpc) is 3.50. The van der Waals surface area contributed by atoms with Crippen LogP contribution in [0, 0.1) is 20.2 Å². The van der Waals surface area contributed by atoms with Crippen molar-refractivity contribution < 1.29 is 19.3 Å². The minimum Gasteiger partial charge on any atom is -0.492 e. The maximum atomic E-state index is 10.9. The fraction of sp³-hybridized carbons (Fsp3) is 0.250. The SMILES string of the molecule is Cn1ncc(Cl)c1-c1cc([N+](=O)[O-])ccc1OCCBr.Cn1nccc1-c1cc([N+](=O)[O-])ccc1OCCBr. The van der Waals surface area contributed by atoms with E-state index in [2.05, 4.69) is 42.1 Å². The Bertz CT molecular complexity index is 1440. The lowest BCUT2D eigenvalue weighted by Crippen LogP contribution is -2.02. The number of alkyl halides is 2. The van der Waals surface area contributed by atoms with Gasteiger partial charge in [0.1, 0.15) is 11.5 Å². The van der Waals surface area contributed by atoms with Gasteiger partial charge < -0.3 is 9.47 Å². The van der Waals surface area contributed by atoms with E-state index < -0.39 is 9.85 Å². The number of nitro groups is 2. The van der Waals surface area contributed by atoms with Crippen molar-refractivity contribution in [1.82, 2.24) is 19.6 Å². The number of halogens is 3. The fourth-order valence-electron chi connectivity index (χ4n) is 3.55. The Morgan fingerprint density at radius 1 is 0.846 bits per heavy atom. The van der Waals surface area contributed by atoms with Crippen LogP contribution in [-0.2, 0) is 14.1 Å². The summed E-state index contributed by atoms with van der Waals surface area (Å²) in [7, 11) is 3.50. The van der Waals surface area contributed by atoms with Crippen LogP contribution < -0.4 is 9.47 Å². The van der Waals surface area contributed by atoms with Gasteiger partial charge in [0.15, 0.2) is 0 Å². The van der Waals surface area contributed by atoms with Crippen molar-refractivity contribution in [3.8, 4) is 34.0 Å². The van der Waals surface area contributed by atoms with Gasteiger partial charge in [0.25, 0.3) is 11.4 Å². The zero-order valence-corrected chi connectivity index (χ0v) is 24.7. The van der Waals surface area contributed by atoms with Gasteiger partial charge in [-0.15, -0.1) is 0 Å². The second kappa shape index (κ2) is 14.1. The zero-order chi connectivity index (χ0) is 28.5. The lowest BCUT2D eigenvalue weighted by Gasteiger charge is -2.11. The fourth-order valence-corrected chi connectivity index (χ4v) is 4.14. The van der Waals surface area contributed by atoms with Crippen molar-refractivity contribution in [2.45, 2.75) is 0 Å². The van der Waals surface area contributed by atoms with E-state index in [4.69, 9.17) is 21.1 Å². The first kappa shape index (κ1) is 30.1.